The average molecular weight is 312 g/mol. The number of amides is 1. The smallest absolute Gasteiger partial charge is 0.307 e. The van der Waals surface area contributed by atoms with Crippen molar-refractivity contribution in [2.24, 2.45) is 0 Å². The van der Waals surface area contributed by atoms with E-state index in [9.17, 15) is 4.79 Å². The van der Waals surface area contributed by atoms with Crippen LogP contribution in [0.15, 0.2) is 34.9 Å². The minimum atomic E-state index is -0.236. The number of carbonyl (C=O) groups excluding carboxylic acids is 1. The number of aromatic nitrogens is 1. The molecule has 2 saturated heterocycles. The Balaban J connectivity index is 1.47. The van der Waals surface area contributed by atoms with Crippen LogP contribution in [0.3, 0.4) is 0 Å². The lowest BCUT2D eigenvalue weighted by molar-refractivity contribution is 0.0896. The van der Waals surface area contributed by atoms with Gasteiger partial charge in [0.15, 0.2) is 5.76 Å². The summed E-state index contributed by atoms with van der Waals surface area (Å²) in [5.41, 5.74) is 1.88. The number of nitrogens with one attached hydrogen (secondary N) is 3. The summed E-state index contributed by atoms with van der Waals surface area (Å²) in [6, 6.07) is 8.93. The summed E-state index contributed by atoms with van der Waals surface area (Å²) in [6.07, 6.45) is 4.93. The van der Waals surface area contributed by atoms with Crippen LogP contribution in [0, 0.1) is 0 Å². The SMILES string of the molecule is CNc1cccc(-c2cnc(C(=O)N[C@@H]3C[C@H]4CC[C@@H]3N4)o2)c1. The van der Waals surface area contributed by atoms with Gasteiger partial charge in [0.05, 0.1) is 6.20 Å². The molecule has 23 heavy (non-hydrogen) atoms. The maximum absolute atomic E-state index is 12.3. The molecule has 6 heteroatoms. The van der Waals surface area contributed by atoms with Gasteiger partial charge in [0, 0.05) is 36.4 Å². The largest absolute Gasteiger partial charge is 0.432 e. The van der Waals surface area contributed by atoms with Crippen molar-refractivity contribution in [3.05, 3.63) is 36.4 Å². The molecular weight excluding hydrogens is 292 g/mol. The van der Waals surface area contributed by atoms with Gasteiger partial charge in [0.2, 0.25) is 0 Å². The third kappa shape index (κ3) is 2.70. The zero-order valence-electron chi connectivity index (χ0n) is 13.0. The average Bonchev–Trinajstić information content (AvgIpc) is 3.31. The van der Waals surface area contributed by atoms with E-state index in [0.717, 1.165) is 24.1 Å². The Hall–Kier alpha value is -2.34. The quantitative estimate of drug-likeness (QED) is 0.805. The molecule has 3 N–H and O–H groups in total. The van der Waals surface area contributed by atoms with Crippen molar-refractivity contribution in [3.8, 4) is 11.3 Å². The molecule has 4 rings (SSSR count). The van der Waals surface area contributed by atoms with Crippen molar-refractivity contribution >= 4 is 11.6 Å². The van der Waals surface area contributed by atoms with Crippen LogP contribution in [0.4, 0.5) is 5.69 Å². The van der Waals surface area contributed by atoms with Gasteiger partial charge in [-0.2, -0.15) is 0 Å². The van der Waals surface area contributed by atoms with E-state index in [2.05, 4.69) is 20.9 Å². The van der Waals surface area contributed by atoms with Crippen molar-refractivity contribution in [1.82, 2.24) is 15.6 Å². The first-order valence-electron chi connectivity index (χ1n) is 8.04. The number of oxazole rings is 1. The Bertz CT molecular complexity index is 727. The maximum Gasteiger partial charge on any atom is 0.307 e. The molecule has 0 aliphatic carbocycles. The van der Waals surface area contributed by atoms with Crippen molar-refractivity contribution in [2.75, 3.05) is 12.4 Å². The van der Waals surface area contributed by atoms with Crippen LogP contribution in [0.5, 0.6) is 0 Å². The third-order valence-electron chi connectivity index (χ3n) is 4.75. The fourth-order valence-electron chi connectivity index (χ4n) is 3.55. The second-order valence-corrected chi connectivity index (χ2v) is 6.22. The molecule has 2 fully saturated rings. The van der Waals surface area contributed by atoms with Gasteiger partial charge in [0.1, 0.15) is 0 Å². The molecule has 2 aliphatic rings. The zero-order valence-corrected chi connectivity index (χ0v) is 13.0. The van der Waals surface area contributed by atoms with Gasteiger partial charge in [-0.1, -0.05) is 12.1 Å². The number of hydrogen-bond acceptors (Lipinski definition) is 5. The van der Waals surface area contributed by atoms with E-state index in [1.807, 2.05) is 31.3 Å². The van der Waals surface area contributed by atoms with Crippen LogP contribution in [0.2, 0.25) is 0 Å². The molecule has 1 aromatic carbocycles. The van der Waals surface area contributed by atoms with E-state index in [4.69, 9.17) is 4.42 Å². The molecule has 0 spiro atoms. The molecule has 0 unspecified atom stereocenters. The highest BCUT2D eigenvalue weighted by Gasteiger charge is 2.40. The lowest BCUT2D eigenvalue weighted by atomic mass is 9.95. The highest BCUT2D eigenvalue weighted by Crippen LogP contribution is 2.28. The summed E-state index contributed by atoms with van der Waals surface area (Å²) >= 11 is 0. The van der Waals surface area contributed by atoms with Crippen LogP contribution in [0.1, 0.15) is 29.9 Å². The summed E-state index contributed by atoms with van der Waals surface area (Å²) in [5.74, 6) is 0.483. The standard InChI is InChI=1S/C17H20N4O2/c1-18-11-4-2-3-10(7-11)15-9-19-17(23-15)16(22)21-14-8-12-5-6-13(14)20-12/h2-4,7,9,12-14,18,20H,5-6,8H2,1H3,(H,21,22)/t12-,13+,14-/m1/s1. The molecule has 3 atom stereocenters. The van der Waals surface area contributed by atoms with Gasteiger partial charge in [-0.3, -0.25) is 4.79 Å². The highest BCUT2D eigenvalue weighted by atomic mass is 16.4. The minimum Gasteiger partial charge on any atom is -0.432 e. The summed E-state index contributed by atoms with van der Waals surface area (Å²) in [7, 11) is 1.86. The number of anilines is 1. The van der Waals surface area contributed by atoms with Gasteiger partial charge >= 0.3 is 5.91 Å². The van der Waals surface area contributed by atoms with Gasteiger partial charge < -0.3 is 20.4 Å². The van der Waals surface area contributed by atoms with Crippen molar-refractivity contribution in [3.63, 3.8) is 0 Å². The predicted molar refractivity (Wildman–Crippen MR) is 87.3 cm³/mol. The Morgan fingerprint density at radius 2 is 2.30 bits per heavy atom. The molecule has 120 valence electrons. The molecule has 6 nitrogen and oxygen atoms in total. The first-order valence-corrected chi connectivity index (χ1v) is 8.04. The lowest BCUT2D eigenvalue weighted by Crippen LogP contribution is -2.43. The fourth-order valence-corrected chi connectivity index (χ4v) is 3.55. The number of nitrogens with zero attached hydrogens (tertiary/aromatic N) is 1. The molecule has 1 aromatic heterocycles. The number of hydrogen-bond donors (Lipinski definition) is 3. The second kappa shape index (κ2) is 5.70. The van der Waals surface area contributed by atoms with Crippen LogP contribution < -0.4 is 16.0 Å². The lowest BCUT2D eigenvalue weighted by Gasteiger charge is -2.20. The Labute approximate surface area is 134 Å². The van der Waals surface area contributed by atoms with Crippen molar-refractivity contribution in [2.45, 2.75) is 37.4 Å². The van der Waals surface area contributed by atoms with Gasteiger partial charge in [0.25, 0.3) is 5.89 Å². The molecule has 1 amide bonds. The Kier molecular flexibility index (Phi) is 3.53. The van der Waals surface area contributed by atoms with Crippen LogP contribution in [-0.2, 0) is 0 Å². The van der Waals surface area contributed by atoms with Crippen LogP contribution in [0.25, 0.3) is 11.3 Å². The minimum absolute atomic E-state index is 0.123. The number of benzene rings is 1. The van der Waals surface area contributed by atoms with Crippen LogP contribution in [-0.4, -0.2) is 36.1 Å². The van der Waals surface area contributed by atoms with Gasteiger partial charge in [-0.05, 0) is 31.4 Å². The predicted octanol–water partition coefficient (Wildman–Crippen LogP) is 2.01. The zero-order chi connectivity index (χ0) is 15.8. The molecule has 0 saturated carbocycles. The van der Waals surface area contributed by atoms with Gasteiger partial charge in [-0.25, -0.2) is 4.98 Å². The molecule has 3 heterocycles. The maximum atomic E-state index is 12.3. The Morgan fingerprint density at radius 3 is 3.04 bits per heavy atom. The number of carbonyl (C=O) groups is 1. The number of rotatable bonds is 4. The van der Waals surface area contributed by atoms with E-state index >= 15 is 0 Å². The summed E-state index contributed by atoms with van der Waals surface area (Å²) < 4.78 is 5.65. The van der Waals surface area contributed by atoms with E-state index in [1.165, 1.54) is 6.42 Å². The van der Waals surface area contributed by atoms with Gasteiger partial charge in [-0.15, -0.1) is 0 Å². The van der Waals surface area contributed by atoms with E-state index in [-0.39, 0.29) is 17.8 Å². The first-order chi connectivity index (χ1) is 11.2. The molecule has 2 aliphatic heterocycles. The fraction of sp³-hybridized carbons (Fsp3) is 0.412. The van der Waals surface area contributed by atoms with Crippen molar-refractivity contribution in [1.29, 1.82) is 0 Å². The summed E-state index contributed by atoms with van der Waals surface area (Å²) in [5, 5.41) is 9.63. The Morgan fingerprint density at radius 1 is 1.39 bits per heavy atom. The van der Waals surface area contributed by atoms with Crippen LogP contribution >= 0.6 is 0 Å². The molecular formula is C17H20N4O2. The van der Waals surface area contributed by atoms with E-state index < -0.39 is 0 Å². The molecule has 2 aromatic rings. The highest BCUT2D eigenvalue weighted by molar-refractivity contribution is 5.90. The topological polar surface area (TPSA) is 79.2 Å². The first kappa shape index (κ1) is 14.3. The summed E-state index contributed by atoms with van der Waals surface area (Å²) in [4.78, 5) is 16.5. The van der Waals surface area contributed by atoms with Crippen molar-refractivity contribution < 1.29 is 9.21 Å². The second-order valence-electron chi connectivity index (χ2n) is 6.22. The summed E-state index contributed by atoms with van der Waals surface area (Å²) in [6.45, 7) is 0. The van der Waals surface area contributed by atoms with E-state index in [1.54, 1.807) is 6.20 Å². The number of fused-ring (bicyclic) bond motifs is 2. The molecule has 0 radical (unpaired) electrons. The monoisotopic (exact) mass is 312 g/mol. The molecule has 2 bridgehead atoms. The third-order valence-corrected chi connectivity index (χ3v) is 4.75. The van der Waals surface area contributed by atoms with E-state index in [0.29, 0.717) is 17.8 Å². The normalized spacial score (nSPS) is 25.5.